The van der Waals surface area contributed by atoms with Crippen molar-refractivity contribution < 1.29 is 4.79 Å². The topological polar surface area (TPSA) is 17.1 Å². The zero-order valence-electron chi connectivity index (χ0n) is 7.01. The molecule has 1 aromatic rings. The van der Waals surface area contributed by atoms with Gasteiger partial charge in [0.15, 0.2) is 0 Å². The van der Waals surface area contributed by atoms with E-state index in [-0.39, 0.29) is 5.24 Å². The molecule has 64 valence electrons. The molecule has 1 aromatic carbocycles. The first-order chi connectivity index (χ1) is 5.68. The Bertz CT molecular complexity index is 264. The molecule has 1 nitrogen and oxygen atoms in total. The molecule has 0 unspecified atom stereocenters. The van der Waals surface area contributed by atoms with Gasteiger partial charge in [0.25, 0.3) is 0 Å². The number of benzene rings is 1. The van der Waals surface area contributed by atoms with E-state index in [0.29, 0.717) is 6.42 Å². The summed E-state index contributed by atoms with van der Waals surface area (Å²) in [6.45, 7) is 2.04. The second-order valence-corrected chi connectivity index (χ2v) is 3.26. The molecular formula is C10H11ClO. The van der Waals surface area contributed by atoms with Gasteiger partial charge in [0.05, 0.1) is 0 Å². The number of hydrogen-bond donors (Lipinski definition) is 0. The van der Waals surface area contributed by atoms with E-state index < -0.39 is 0 Å². The first-order valence-electron chi connectivity index (χ1n) is 3.92. The fourth-order valence-electron chi connectivity index (χ4n) is 0.997. The Balaban J connectivity index is 2.53. The van der Waals surface area contributed by atoms with Gasteiger partial charge in [-0.3, -0.25) is 4.79 Å². The van der Waals surface area contributed by atoms with E-state index in [1.54, 1.807) is 0 Å². The van der Waals surface area contributed by atoms with Gasteiger partial charge < -0.3 is 0 Å². The van der Waals surface area contributed by atoms with Crippen molar-refractivity contribution in [1.29, 1.82) is 0 Å². The normalized spacial score (nSPS) is 9.83. The van der Waals surface area contributed by atoms with Crippen LogP contribution in [0.1, 0.15) is 17.5 Å². The van der Waals surface area contributed by atoms with Crippen LogP contribution in [-0.2, 0) is 11.2 Å². The van der Waals surface area contributed by atoms with Crippen LogP contribution in [0.2, 0.25) is 0 Å². The fraction of sp³-hybridized carbons (Fsp3) is 0.300. The van der Waals surface area contributed by atoms with Crippen LogP contribution in [0.5, 0.6) is 0 Å². The molecule has 1 rings (SSSR count). The highest BCUT2D eigenvalue weighted by Gasteiger charge is 1.97. The number of aryl methyl sites for hydroxylation is 2. The summed E-state index contributed by atoms with van der Waals surface area (Å²) in [5.74, 6) is 0. The summed E-state index contributed by atoms with van der Waals surface area (Å²) in [5.41, 5.74) is 2.39. The van der Waals surface area contributed by atoms with Crippen LogP contribution < -0.4 is 0 Å². The molecule has 0 aliphatic heterocycles. The number of halogens is 1. The molecule has 0 bridgehead atoms. The predicted molar refractivity (Wildman–Crippen MR) is 50.4 cm³/mol. The van der Waals surface area contributed by atoms with Gasteiger partial charge in [0.1, 0.15) is 0 Å². The quantitative estimate of drug-likeness (QED) is 0.657. The molecule has 0 aliphatic rings. The van der Waals surface area contributed by atoms with Crippen LogP contribution in [0.15, 0.2) is 24.3 Å². The van der Waals surface area contributed by atoms with Crippen molar-refractivity contribution in [3.63, 3.8) is 0 Å². The highest BCUT2D eigenvalue weighted by molar-refractivity contribution is 6.63. The third kappa shape index (κ3) is 3.05. The maximum Gasteiger partial charge on any atom is 0.221 e. The van der Waals surface area contributed by atoms with Crippen LogP contribution in [0.4, 0.5) is 0 Å². The predicted octanol–water partition coefficient (Wildman–Crippen LogP) is 2.69. The maximum atomic E-state index is 10.4. The van der Waals surface area contributed by atoms with Gasteiger partial charge >= 0.3 is 0 Å². The van der Waals surface area contributed by atoms with Crippen LogP contribution in [0, 0.1) is 6.92 Å². The SMILES string of the molecule is Cc1ccc(CCC(=O)Cl)cc1. The Kier molecular flexibility index (Phi) is 3.30. The fourth-order valence-corrected chi connectivity index (χ4v) is 1.09. The zero-order chi connectivity index (χ0) is 8.97. The summed E-state index contributed by atoms with van der Waals surface area (Å²) in [6.07, 6.45) is 1.16. The third-order valence-electron chi connectivity index (χ3n) is 1.73. The van der Waals surface area contributed by atoms with Crippen molar-refractivity contribution in [3.05, 3.63) is 35.4 Å². The molecule has 0 fully saturated rings. The maximum absolute atomic E-state index is 10.4. The van der Waals surface area contributed by atoms with Crippen LogP contribution in [-0.4, -0.2) is 5.24 Å². The smallest absolute Gasteiger partial charge is 0.221 e. The summed E-state index contributed by atoms with van der Waals surface area (Å²) in [4.78, 5) is 10.4. The van der Waals surface area contributed by atoms with Crippen molar-refractivity contribution >= 4 is 16.8 Å². The Morgan fingerprint density at radius 3 is 2.42 bits per heavy atom. The first-order valence-corrected chi connectivity index (χ1v) is 4.30. The van der Waals surface area contributed by atoms with Crippen molar-refractivity contribution in [2.75, 3.05) is 0 Å². The standard InChI is InChI=1S/C10H11ClO/c1-8-2-4-9(5-3-8)6-7-10(11)12/h2-5H,6-7H2,1H3. The van der Waals surface area contributed by atoms with Gasteiger partial charge in [-0.05, 0) is 30.5 Å². The summed E-state index contributed by atoms with van der Waals surface area (Å²) in [7, 11) is 0. The van der Waals surface area contributed by atoms with Crippen molar-refractivity contribution in [2.45, 2.75) is 19.8 Å². The molecule has 0 heterocycles. The van der Waals surface area contributed by atoms with E-state index in [1.807, 2.05) is 31.2 Å². The molecule has 0 aliphatic carbocycles. The number of hydrogen-bond acceptors (Lipinski definition) is 1. The Labute approximate surface area is 77.4 Å². The minimum Gasteiger partial charge on any atom is -0.281 e. The van der Waals surface area contributed by atoms with E-state index >= 15 is 0 Å². The van der Waals surface area contributed by atoms with E-state index in [1.165, 1.54) is 5.56 Å². The van der Waals surface area contributed by atoms with Crippen molar-refractivity contribution in [3.8, 4) is 0 Å². The monoisotopic (exact) mass is 182 g/mol. The number of rotatable bonds is 3. The highest BCUT2D eigenvalue weighted by atomic mass is 35.5. The van der Waals surface area contributed by atoms with Crippen LogP contribution >= 0.6 is 11.6 Å². The Morgan fingerprint density at radius 2 is 1.92 bits per heavy atom. The van der Waals surface area contributed by atoms with Crippen molar-refractivity contribution in [1.82, 2.24) is 0 Å². The summed E-state index contributed by atoms with van der Waals surface area (Å²) in [6, 6.07) is 8.12. The second kappa shape index (κ2) is 4.27. The molecule has 12 heavy (non-hydrogen) atoms. The molecule has 2 heteroatoms. The van der Waals surface area contributed by atoms with Gasteiger partial charge in [-0.2, -0.15) is 0 Å². The lowest BCUT2D eigenvalue weighted by atomic mass is 10.1. The van der Waals surface area contributed by atoms with Gasteiger partial charge in [-0.25, -0.2) is 0 Å². The Hall–Kier alpha value is -0.820. The zero-order valence-corrected chi connectivity index (χ0v) is 7.77. The van der Waals surface area contributed by atoms with E-state index in [2.05, 4.69) is 0 Å². The minimum absolute atomic E-state index is 0.268. The lowest BCUT2D eigenvalue weighted by Crippen LogP contribution is -1.91. The summed E-state index contributed by atoms with van der Waals surface area (Å²) >= 11 is 5.22. The Morgan fingerprint density at radius 1 is 1.33 bits per heavy atom. The van der Waals surface area contributed by atoms with Gasteiger partial charge in [-0.15, -0.1) is 0 Å². The van der Waals surface area contributed by atoms with Gasteiger partial charge in [0, 0.05) is 6.42 Å². The molecule has 0 saturated carbocycles. The average Bonchev–Trinajstić information content (AvgIpc) is 2.03. The molecule has 0 radical (unpaired) electrons. The van der Waals surface area contributed by atoms with Crippen LogP contribution in [0.25, 0.3) is 0 Å². The number of carbonyl (C=O) groups excluding carboxylic acids is 1. The summed E-state index contributed by atoms with van der Waals surface area (Å²) < 4.78 is 0. The molecule has 0 saturated heterocycles. The molecule has 0 atom stereocenters. The summed E-state index contributed by atoms with van der Waals surface area (Å²) in [5, 5.41) is -0.268. The molecule has 0 N–H and O–H groups in total. The van der Waals surface area contributed by atoms with E-state index in [0.717, 1.165) is 12.0 Å². The third-order valence-corrected chi connectivity index (χ3v) is 1.92. The minimum atomic E-state index is -0.268. The van der Waals surface area contributed by atoms with E-state index in [9.17, 15) is 4.79 Å². The average molecular weight is 183 g/mol. The molecule has 0 aromatic heterocycles. The lowest BCUT2D eigenvalue weighted by molar-refractivity contribution is -0.111. The largest absolute Gasteiger partial charge is 0.281 e. The molecular weight excluding hydrogens is 172 g/mol. The second-order valence-electron chi connectivity index (χ2n) is 2.84. The highest BCUT2D eigenvalue weighted by Crippen LogP contribution is 2.06. The van der Waals surface area contributed by atoms with Crippen molar-refractivity contribution in [2.24, 2.45) is 0 Å². The van der Waals surface area contributed by atoms with Gasteiger partial charge in [0.2, 0.25) is 5.24 Å². The number of carbonyl (C=O) groups is 1. The molecule has 0 amide bonds. The first kappa shape index (κ1) is 9.27. The lowest BCUT2D eigenvalue weighted by Gasteiger charge is -1.98. The van der Waals surface area contributed by atoms with Gasteiger partial charge in [-0.1, -0.05) is 29.8 Å². The molecule has 0 spiro atoms. The van der Waals surface area contributed by atoms with E-state index in [4.69, 9.17) is 11.6 Å². The van der Waals surface area contributed by atoms with Crippen LogP contribution in [0.3, 0.4) is 0 Å².